The minimum absolute atomic E-state index is 0.900. The summed E-state index contributed by atoms with van der Waals surface area (Å²) >= 11 is 0. The smallest absolute Gasteiger partial charge is 0.143 e. The molecule has 6 heteroatoms. The van der Waals surface area contributed by atoms with E-state index in [4.69, 9.17) is 8.83 Å². The van der Waals surface area contributed by atoms with Crippen molar-refractivity contribution in [3.8, 4) is 55.6 Å². The number of anilines is 6. The molecule has 0 aliphatic rings. The highest BCUT2D eigenvalue weighted by molar-refractivity contribution is 6.09. The van der Waals surface area contributed by atoms with Gasteiger partial charge in [0, 0.05) is 79.7 Å². The highest BCUT2D eigenvalue weighted by atomic mass is 16.3. The van der Waals surface area contributed by atoms with Crippen LogP contribution < -0.4 is 16.0 Å². The summed E-state index contributed by atoms with van der Waals surface area (Å²) in [6.45, 7) is 0. The van der Waals surface area contributed by atoms with Gasteiger partial charge in [-0.05, 0) is 141 Å². The van der Waals surface area contributed by atoms with Gasteiger partial charge in [-0.2, -0.15) is 0 Å². The first kappa shape index (κ1) is 51.2. The molecule has 0 atom stereocenters. The molecular weight excluding hydrogens is 1010 g/mol. The fourth-order valence-corrected chi connectivity index (χ4v) is 10.4. The highest BCUT2D eigenvalue weighted by Crippen LogP contribution is 2.37. The van der Waals surface area contributed by atoms with Crippen molar-refractivity contribution in [2.45, 2.75) is 0 Å². The number of rotatable bonds is 11. The Morgan fingerprint density at radius 3 is 1.05 bits per heavy atom. The number of hydrogen-bond donors (Lipinski definition) is 3. The van der Waals surface area contributed by atoms with Gasteiger partial charge in [-0.25, -0.2) is 0 Å². The van der Waals surface area contributed by atoms with E-state index < -0.39 is 0 Å². The lowest BCUT2D eigenvalue weighted by atomic mass is 10.0. The van der Waals surface area contributed by atoms with E-state index in [9.17, 15) is 0 Å². The van der Waals surface area contributed by atoms with Crippen LogP contribution in [0.1, 0.15) is 0 Å². The van der Waals surface area contributed by atoms with Crippen LogP contribution in [-0.4, -0.2) is 4.98 Å². The van der Waals surface area contributed by atoms with E-state index in [0.717, 1.165) is 100 Å². The summed E-state index contributed by atoms with van der Waals surface area (Å²) < 4.78 is 12.2. The molecule has 6 nitrogen and oxygen atoms in total. The number of pyridine rings is 1. The summed E-state index contributed by atoms with van der Waals surface area (Å²) in [6.07, 6.45) is 3.67. The molecule has 0 bridgehead atoms. The van der Waals surface area contributed by atoms with E-state index in [0.29, 0.717) is 0 Å². The van der Waals surface area contributed by atoms with Crippen LogP contribution in [0, 0.1) is 0 Å². The average Bonchev–Trinajstić information content (AvgIpc) is 4.37. The van der Waals surface area contributed by atoms with Crippen molar-refractivity contribution in [3.63, 3.8) is 0 Å². The molecule has 0 spiro atoms. The second-order valence-electron chi connectivity index (χ2n) is 20.2. The summed E-state index contributed by atoms with van der Waals surface area (Å²) in [5.74, 6) is 0. The molecule has 0 saturated carbocycles. The number of nitrogens with one attached hydrogen (secondary N) is 3. The lowest BCUT2D eigenvalue weighted by molar-refractivity contribution is 0.669. The van der Waals surface area contributed by atoms with Crippen LogP contribution in [0.3, 0.4) is 0 Å². The van der Waals surface area contributed by atoms with Gasteiger partial charge in [0.2, 0.25) is 0 Å². The zero-order chi connectivity index (χ0) is 55.6. The van der Waals surface area contributed by atoms with Crippen LogP contribution in [0.25, 0.3) is 99.5 Å². The standard InChI is InChI=1S/C30H21NO.C24H17NO.C23H18N2/c1-2-7-21(8-3-1)22-13-17-24(18-14-22)31-25-19-15-23(16-20-25)26-10-6-11-28-27-9-4-5-12-29(27)32-30(26)28;1-2-6-17(7-3-1)18-10-12-19(13-11-18)25-20-14-15-22-21-8-4-5-9-23(21)26-24(22)16-20;1-2-5-18(6-3-1)19-8-12-22(13-9-19)25-23-14-10-20(11-15-23)21-7-4-16-24-17-21/h1-20,31H;1-16,25H;1-17,25H. The van der Waals surface area contributed by atoms with E-state index in [1.807, 2.05) is 60.8 Å². The number of nitrogens with zero attached hydrogens (tertiary/aromatic N) is 1. The number of hydrogen-bond acceptors (Lipinski definition) is 6. The molecule has 3 heterocycles. The maximum atomic E-state index is 6.20. The van der Waals surface area contributed by atoms with Gasteiger partial charge in [0.1, 0.15) is 22.3 Å². The Balaban J connectivity index is 0.000000118. The Morgan fingerprint density at radius 2 is 0.578 bits per heavy atom. The number of benzene rings is 12. The van der Waals surface area contributed by atoms with Gasteiger partial charge in [0.15, 0.2) is 0 Å². The Kier molecular flexibility index (Phi) is 14.8. The van der Waals surface area contributed by atoms with Gasteiger partial charge >= 0.3 is 0 Å². The second kappa shape index (κ2) is 24.0. The van der Waals surface area contributed by atoms with Crippen molar-refractivity contribution in [1.82, 2.24) is 4.98 Å². The van der Waals surface area contributed by atoms with Crippen molar-refractivity contribution in [1.29, 1.82) is 0 Å². The van der Waals surface area contributed by atoms with Crippen molar-refractivity contribution in [3.05, 3.63) is 322 Å². The molecule has 0 saturated heterocycles. The monoisotopic (exact) mass is 1070 g/mol. The fraction of sp³-hybridized carbons (Fsp3) is 0. The van der Waals surface area contributed by atoms with Gasteiger partial charge < -0.3 is 24.8 Å². The van der Waals surface area contributed by atoms with Crippen LogP contribution in [0.4, 0.5) is 34.1 Å². The minimum Gasteiger partial charge on any atom is -0.456 e. The molecule has 0 fully saturated rings. The molecular formula is C77H56N4O2. The van der Waals surface area contributed by atoms with E-state index in [1.165, 1.54) is 33.4 Å². The lowest BCUT2D eigenvalue weighted by Gasteiger charge is -2.09. The van der Waals surface area contributed by atoms with E-state index >= 15 is 0 Å². The Bertz CT molecular complexity index is 4480. The summed E-state index contributed by atoms with van der Waals surface area (Å²) in [7, 11) is 0. The first-order valence-corrected chi connectivity index (χ1v) is 27.8. The molecule has 3 aromatic heterocycles. The summed E-state index contributed by atoms with van der Waals surface area (Å²) in [6, 6.07) is 107. The quantitative estimate of drug-likeness (QED) is 0.120. The molecule has 0 aliphatic heterocycles. The second-order valence-corrected chi connectivity index (χ2v) is 20.2. The maximum absolute atomic E-state index is 6.20. The zero-order valence-electron chi connectivity index (χ0n) is 45.4. The number of para-hydroxylation sites is 3. The third-order valence-corrected chi connectivity index (χ3v) is 14.7. The van der Waals surface area contributed by atoms with Crippen molar-refractivity contribution >= 4 is 78.0 Å². The van der Waals surface area contributed by atoms with Gasteiger partial charge in [-0.15, -0.1) is 0 Å². The average molecular weight is 1070 g/mol. The minimum atomic E-state index is 0.900. The third kappa shape index (κ3) is 11.9. The lowest BCUT2D eigenvalue weighted by Crippen LogP contribution is -1.90. The molecule has 0 unspecified atom stereocenters. The fourth-order valence-electron chi connectivity index (χ4n) is 10.4. The predicted octanol–water partition coefficient (Wildman–Crippen LogP) is 21.8. The first-order valence-electron chi connectivity index (χ1n) is 27.8. The number of furan rings is 2. The van der Waals surface area contributed by atoms with Crippen LogP contribution >= 0.6 is 0 Å². The Hall–Kier alpha value is -11.2. The van der Waals surface area contributed by atoms with Gasteiger partial charge in [-0.3, -0.25) is 4.98 Å². The molecule has 0 amide bonds. The Labute approximate surface area is 482 Å². The predicted molar refractivity (Wildman–Crippen MR) is 348 cm³/mol. The van der Waals surface area contributed by atoms with Crippen LogP contribution in [0.2, 0.25) is 0 Å². The molecule has 15 rings (SSSR count). The van der Waals surface area contributed by atoms with Gasteiger partial charge in [0.25, 0.3) is 0 Å². The van der Waals surface area contributed by atoms with Gasteiger partial charge in [-0.1, -0.05) is 212 Å². The van der Waals surface area contributed by atoms with Crippen molar-refractivity contribution < 1.29 is 8.83 Å². The molecule has 15 aromatic rings. The number of fused-ring (bicyclic) bond motifs is 6. The van der Waals surface area contributed by atoms with Crippen molar-refractivity contribution in [2.24, 2.45) is 0 Å². The summed E-state index contributed by atoms with van der Waals surface area (Å²) in [4.78, 5) is 4.17. The van der Waals surface area contributed by atoms with Crippen molar-refractivity contribution in [2.75, 3.05) is 16.0 Å². The molecule has 3 N–H and O–H groups in total. The maximum Gasteiger partial charge on any atom is 0.143 e. The van der Waals surface area contributed by atoms with Gasteiger partial charge in [0.05, 0.1) is 0 Å². The third-order valence-electron chi connectivity index (χ3n) is 14.7. The molecule has 0 radical (unpaired) electrons. The molecule has 12 aromatic carbocycles. The van der Waals surface area contributed by atoms with Crippen LogP contribution in [0.5, 0.6) is 0 Å². The SMILES string of the molecule is c1ccc(-c2ccc(Nc3ccc(-c4cccc5c4oc4ccccc45)cc3)cc2)cc1.c1ccc(-c2ccc(Nc3ccc(-c4cccnc4)cc3)cc2)cc1.c1ccc(-c2ccc(Nc3ccc4c(c3)oc3ccccc34)cc2)cc1. The molecule has 396 valence electrons. The molecule has 0 aliphatic carbocycles. The normalized spacial score (nSPS) is 10.9. The summed E-state index contributed by atoms with van der Waals surface area (Å²) in [5, 5.41) is 15.0. The topological polar surface area (TPSA) is 75.3 Å². The van der Waals surface area contributed by atoms with E-state index in [2.05, 4.69) is 276 Å². The highest BCUT2D eigenvalue weighted by Gasteiger charge is 2.13. The molecule has 83 heavy (non-hydrogen) atoms. The zero-order valence-corrected chi connectivity index (χ0v) is 45.4. The van der Waals surface area contributed by atoms with Crippen LogP contribution in [0.15, 0.2) is 331 Å². The van der Waals surface area contributed by atoms with E-state index in [1.54, 1.807) is 6.20 Å². The largest absolute Gasteiger partial charge is 0.456 e. The van der Waals surface area contributed by atoms with E-state index in [-0.39, 0.29) is 0 Å². The summed E-state index contributed by atoms with van der Waals surface area (Å²) in [5.41, 5.74) is 21.9. The van der Waals surface area contributed by atoms with Crippen LogP contribution in [-0.2, 0) is 0 Å². The number of aromatic nitrogens is 1. The first-order chi connectivity index (χ1) is 41.1. The Morgan fingerprint density at radius 1 is 0.229 bits per heavy atom.